The van der Waals surface area contributed by atoms with Gasteiger partial charge in [0.15, 0.2) is 22.5 Å². The molecule has 0 amide bonds. The topological polar surface area (TPSA) is 51.2 Å². The van der Waals surface area contributed by atoms with Crippen LogP contribution in [0, 0.1) is 0 Å². The zero-order valence-corrected chi connectivity index (χ0v) is 27.0. The normalized spacial score (nSPS) is 11.3. The summed E-state index contributed by atoms with van der Waals surface area (Å²) in [5.41, 5.74) is 0. The number of hydrogen-bond donors (Lipinski definition) is 0. The number of carbonyl (C=O) groups is 3. The fourth-order valence-corrected chi connectivity index (χ4v) is 5.22. The van der Waals surface area contributed by atoms with Crippen molar-refractivity contribution in [2.45, 2.75) is 180 Å². The monoisotopic (exact) mass is 590 g/mol. The molecular weight excluding hydrogens is 531 g/mol. The number of unbranched alkanes of at least 4 members (excludes halogenated alkanes) is 18. The fourth-order valence-electron chi connectivity index (χ4n) is 4.79. The molecule has 0 saturated heterocycles. The van der Waals surface area contributed by atoms with Crippen LogP contribution in [0.2, 0.25) is 0 Å². The highest BCUT2D eigenvalue weighted by molar-refractivity contribution is 8.93. The summed E-state index contributed by atoms with van der Waals surface area (Å²) in [7, 11) is 2.45. The van der Waals surface area contributed by atoms with Crippen LogP contribution in [0.25, 0.3) is 0 Å². The molecular formula is C31H60BrO3P. The lowest BCUT2D eigenvalue weighted by atomic mass is 9.85. The van der Waals surface area contributed by atoms with Crippen LogP contribution >= 0.6 is 26.2 Å². The third kappa shape index (κ3) is 18.2. The molecule has 36 heavy (non-hydrogen) atoms. The molecule has 1 unspecified atom stereocenters. The first kappa shape index (κ1) is 38.1. The Bertz CT molecular complexity index is 476. The zero-order chi connectivity index (χ0) is 26.2. The maximum absolute atomic E-state index is 13.2. The second-order valence-electron chi connectivity index (χ2n) is 10.7. The van der Waals surface area contributed by atoms with Crippen molar-refractivity contribution >= 4 is 43.6 Å². The van der Waals surface area contributed by atoms with Crippen molar-refractivity contribution in [2.75, 3.05) is 0 Å². The van der Waals surface area contributed by atoms with Crippen LogP contribution in [-0.2, 0) is 14.4 Å². The summed E-state index contributed by atoms with van der Waals surface area (Å²) in [5.74, 6) is -0.467. The first-order chi connectivity index (χ1) is 16.9. The van der Waals surface area contributed by atoms with E-state index in [0.717, 1.165) is 57.8 Å². The van der Waals surface area contributed by atoms with Gasteiger partial charge in [0.05, 0.1) is 0 Å². The van der Waals surface area contributed by atoms with Crippen LogP contribution in [0.5, 0.6) is 0 Å². The van der Waals surface area contributed by atoms with E-state index >= 15 is 0 Å². The van der Waals surface area contributed by atoms with E-state index in [0.29, 0.717) is 19.3 Å². The maximum atomic E-state index is 13.2. The largest absolute Gasteiger partial charge is 0.298 e. The summed E-state index contributed by atoms with van der Waals surface area (Å²) < 4.78 is 0. The lowest BCUT2D eigenvalue weighted by Gasteiger charge is -2.25. The third-order valence-electron chi connectivity index (χ3n) is 7.34. The summed E-state index contributed by atoms with van der Waals surface area (Å²) in [6.45, 7) is 6.64. The SMILES string of the molecule is Br.CCCCCCCCCC(=O)C(P)(C(=O)CCCCCCCCC)C(=O)CCCCCCCCC. The number of carbonyl (C=O) groups excluding carboxylic acids is 3. The van der Waals surface area contributed by atoms with Crippen LogP contribution in [0.4, 0.5) is 0 Å². The number of ketones is 3. The van der Waals surface area contributed by atoms with Crippen molar-refractivity contribution in [1.29, 1.82) is 0 Å². The molecule has 0 aliphatic rings. The Hall–Kier alpha value is -0.0800. The molecule has 0 aromatic carbocycles. The second-order valence-corrected chi connectivity index (χ2v) is 11.6. The quantitative estimate of drug-likeness (QED) is 0.0543. The summed E-state index contributed by atoms with van der Waals surface area (Å²) >= 11 is 0. The van der Waals surface area contributed by atoms with E-state index in [1.165, 1.54) is 77.0 Å². The highest BCUT2D eigenvalue weighted by atomic mass is 79.9. The third-order valence-corrected chi connectivity index (χ3v) is 8.31. The van der Waals surface area contributed by atoms with Gasteiger partial charge < -0.3 is 0 Å². The molecule has 0 aromatic heterocycles. The molecule has 5 heteroatoms. The molecule has 214 valence electrons. The van der Waals surface area contributed by atoms with Gasteiger partial charge in [-0.05, 0) is 19.3 Å². The smallest absolute Gasteiger partial charge is 0.158 e. The minimum atomic E-state index is -1.49. The van der Waals surface area contributed by atoms with Gasteiger partial charge in [0, 0.05) is 19.3 Å². The lowest BCUT2D eigenvalue weighted by molar-refractivity contribution is -0.137. The Morgan fingerprint density at radius 3 is 0.833 bits per heavy atom. The summed E-state index contributed by atoms with van der Waals surface area (Å²) in [6, 6.07) is 0. The minimum Gasteiger partial charge on any atom is -0.298 e. The summed E-state index contributed by atoms with van der Waals surface area (Å²) in [4.78, 5) is 39.7. The summed E-state index contributed by atoms with van der Waals surface area (Å²) in [5, 5.41) is -1.49. The van der Waals surface area contributed by atoms with E-state index in [2.05, 4.69) is 30.0 Å². The van der Waals surface area contributed by atoms with Crippen molar-refractivity contribution in [3.8, 4) is 0 Å². The molecule has 1 atom stereocenters. The number of halogens is 1. The Morgan fingerprint density at radius 2 is 0.611 bits per heavy atom. The van der Waals surface area contributed by atoms with Crippen LogP contribution in [0.1, 0.15) is 175 Å². The Morgan fingerprint density at radius 1 is 0.417 bits per heavy atom. The van der Waals surface area contributed by atoms with Gasteiger partial charge in [0.25, 0.3) is 0 Å². The predicted molar refractivity (Wildman–Crippen MR) is 166 cm³/mol. The molecule has 3 nitrogen and oxygen atoms in total. The summed E-state index contributed by atoms with van der Waals surface area (Å²) in [6.07, 6.45) is 24.8. The van der Waals surface area contributed by atoms with Crippen molar-refractivity contribution < 1.29 is 14.4 Å². The molecule has 0 saturated carbocycles. The number of hydrogen-bond acceptors (Lipinski definition) is 3. The highest BCUT2D eigenvalue weighted by Crippen LogP contribution is 2.30. The minimum absolute atomic E-state index is 0. The molecule has 0 bridgehead atoms. The zero-order valence-electron chi connectivity index (χ0n) is 24.2. The lowest BCUT2D eigenvalue weighted by Crippen LogP contribution is -2.48. The van der Waals surface area contributed by atoms with Crippen molar-refractivity contribution in [3.05, 3.63) is 0 Å². The first-order valence-electron chi connectivity index (χ1n) is 15.3. The van der Waals surface area contributed by atoms with Gasteiger partial charge in [-0.25, -0.2) is 0 Å². The van der Waals surface area contributed by atoms with E-state index in [1.54, 1.807) is 0 Å². The Kier molecular flexibility index (Phi) is 28.0. The van der Waals surface area contributed by atoms with Gasteiger partial charge in [0.1, 0.15) is 0 Å². The van der Waals surface area contributed by atoms with Crippen molar-refractivity contribution in [1.82, 2.24) is 0 Å². The average molecular weight is 592 g/mol. The van der Waals surface area contributed by atoms with Gasteiger partial charge in [-0.15, -0.1) is 26.2 Å². The van der Waals surface area contributed by atoms with Gasteiger partial charge in [-0.3, -0.25) is 14.4 Å². The molecule has 0 heterocycles. The Labute approximate surface area is 237 Å². The fraction of sp³-hybridized carbons (Fsp3) is 0.903. The Balaban J connectivity index is 0. The van der Waals surface area contributed by atoms with E-state index in [1.807, 2.05) is 0 Å². The number of rotatable bonds is 27. The van der Waals surface area contributed by atoms with Gasteiger partial charge >= 0.3 is 0 Å². The standard InChI is InChI=1S/C31H59O3P.BrH/c1-4-7-10-13-16-19-22-25-28(32)31(35,29(33)26-23-20-17-14-11-8-5-2)30(34)27-24-21-18-15-12-9-6-3;/h4-27,35H2,1-3H3;1H. The molecule has 0 aliphatic carbocycles. The van der Waals surface area contributed by atoms with Crippen LogP contribution < -0.4 is 0 Å². The molecule has 0 spiro atoms. The van der Waals surface area contributed by atoms with Gasteiger partial charge in [0.2, 0.25) is 0 Å². The molecule has 0 aromatic rings. The molecule has 0 rings (SSSR count). The van der Waals surface area contributed by atoms with Crippen molar-refractivity contribution in [2.24, 2.45) is 0 Å². The molecule has 0 N–H and O–H groups in total. The second kappa shape index (κ2) is 26.5. The molecule has 0 radical (unpaired) electrons. The van der Waals surface area contributed by atoms with E-state index in [9.17, 15) is 14.4 Å². The van der Waals surface area contributed by atoms with Crippen molar-refractivity contribution in [3.63, 3.8) is 0 Å². The highest BCUT2D eigenvalue weighted by Gasteiger charge is 2.45. The van der Waals surface area contributed by atoms with E-state index < -0.39 is 5.16 Å². The van der Waals surface area contributed by atoms with Crippen LogP contribution in [0.3, 0.4) is 0 Å². The predicted octanol–water partition coefficient (Wildman–Crippen LogP) is 10.3. The van der Waals surface area contributed by atoms with Gasteiger partial charge in [-0.2, -0.15) is 0 Å². The average Bonchev–Trinajstić information content (AvgIpc) is 2.86. The van der Waals surface area contributed by atoms with E-state index in [-0.39, 0.29) is 34.3 Å². The maximum Gasteiger partial charge on any atom is 0.158 e. The molecule has 0 fully saturated rings. The molecule has 0 aliphatic heterocycles. The van der Waals surface area contributed by atoms with Gasteiger partial charge in [-0.1, -0.05) is 136 Å². The number of Topliss-reactive ketones (excluding diaryl/α,β-unsaturated/α-hetero) is 3. The van der Waals surface area contributed by atoms with E-state index in [4.69, 9.17) is 0 Å². The van der Waals surface area contributed by atoms with Crippen LogP contribution in [-0.4, -0.2) is 22.5 Å². The van der Waals surface area contributed by atoms with Crippen LogP contribution in [0.15, 0.2) is 0 Å². The first-order valence-corrected chi connectivity index (χ1v) is 15.9.